The van der Waals surface area contributed by atoms with E-state index in [0.717, 1.165) is 0 Å². The lowest BCUT2D eigenvalue weighted by Crippen LogP contribution is -2.52. The summed E-state index contributed by atoms with van der Waals surface area (Å²) in [5.41, 5.74) is 0. The molecular formula is C11H20N2O3. The number of amides is 2. The maximum Gasteiger partial charge on any atom is 0.318 e. The standard InChI is InChI=1S/C11H20N2O3/c1-8(2)10(9(3)14)12-11(15)13-4-6-16-7-5-13/h8,10H,4-7H2,1-3H3,(H,12,15). The number of hydrogen-bond donors (Lipinski definition) is 1. The summed E-state index contributed by atoms with van der Waals surface area (Å²) in [6, 6.07) is -0.562. The smallest absolute Gasteiger partial charge is 0.318 e. The third kappa shape index (κ3) is 3.48. The Morgan fingerprint density at radius 3 is 2.25 bits per heavy atom. The summed E-state index contributed by atoms with van der Waals surface area (Å²) in [6.45, 7) is 7.67. The molecule has 16 heavy (non-hydrogen) atoms. The zero-order chi connectivity index (χ0) is 12.1. The molecular weight excluding hydrogens is 208 g/mol. The molecule has 1 unspecified atom stereocenters. The lowest BCUT2D eigenvalue weighted by atomic mass is 10.0. The van der Waals surface area contributed by atoms with Gasteiger partial charge in [-0.2, -0.15) is 0 Å². The van der Waals surface area contributed by atoms with Crippen LogP contribution >= 0.6 is 0 Å². The average molecular weight is 228 g/mol. The van der Waals surface area contributed by atoms with E-state index in [0.29, 0.717) is 26.3 Å². The highest BCUT2D eigenvalue weighted by Crippen LogP contribution is 2.05. The van der Waals surface area contributed by atoms with Crippen LogP contribution in [-0.4, -0.2) is 49.1 Å². The van der Waals surface area contributed by atoms with E-state index in [-0.39, 0.29) is 17.7 Å². The van der Waals surface area contributed by atoms with Crippen molar-refractivity contribution in [1.29, 1.82) is 0 Å². The van der Waals surface area contributed by atoms with Crippen molar-refractivity contribution in [3.05, 3.63) is 0 Å². The summed E-state index contributed by atoms with van der Waals surface area (Å²) in [5.74, 6) is 0.110. The van der Waals surface area contributed by atoms with Crippen molar-refractivity contribution < 1.29 is 14.3 Å². The van der Waals surface area contributed by atoms with Crippen LogP contribution in [-0.2, 0) is 9.53 Å². The van der Waals surface area contributed by atoms with Crippen LogP contribution in [0.25, 0.3) is 0 Å². The molecule has 5 nitrogen and oxygen atoms in total. The van der Waals surface area contributed by atoms with E-state index in [9.17, 15) is 9.59 Å². The number of hydrogen-bond acceptors (Lipinski definition) is 3. The zero-order valence-corrected chi connectivity index (χ0v) is 10.2. The van der Waals surface area contributed by atoms with Gasteiger partial charge < -0.3 is 15.0 Å². The molecule has 5 heteroatoms. The molecule has 0 aromatic rings. The van der Waals surface area contributed by atoms with Gasteiger partial charge in [-0.1, -0.05) is 13.8 Å². The van der Waals surface area contributed by atoms with Crippen LogP contribution in [0.5, 0.6) is 0 Å². The van der Waals surface area contributed by atoms with Gasteiger partial charge in [0.2, 0.25) is 0 Å². The average Bonchev–Trinajstić information content (AvgIpc) is 2.25. The van der Waals surface area contributed by atoms with E-state index < -0.39 is 6.04 Å². The Bertz CT molecular complexity index is 260. The molecule has 0 bridgehead atoms. The summed E-state index contributed by atoms with van der Waals surface area (Å²) in [5, 5.41) is 2.77. The molecule has 2 amide bonds. The van der Waals surface area contributed by atoms with E-state index in [1.54, 1.807) is 4.90 Å². The number of carbonyl (C=O) groups is 2. The fraction of sp³-hybridized carbons (Fsp3) is 0.818. The van der Waals surface area contributed by atoms with Gasteiger partial charge in [0.1, 0.15) is 0 Å². The first kappa shape index (κ1) is 13.0. The minimum absolute atomic E-state index is 0.00314. The van der Waals surface area contributed by atoms with Crippen LogP contribution in [0.4, 0.5) is 4.79 Å². The monoisotopic (exact) mass is 228 g/mol. The van der Waals surface area contributed by atoms with Gasteiger partial charge in [0, 0.05) is 13.1 Å². The van der Waals surface area contributed by atoms with Gasteiger partial charge in [-0.15, -0.1) is 0 Å². The highest BCUT2D eigenvalue weighted by Gasteiger charge is 2.24. The number of ketones is 1. The second-order valence-corrected chi connectivity index (χ2v) is 4.38. The SMILES string of the molecule is CC(=O)C(NC(=O)N1CCOCC1)C(C)C. The van der Waals surface area contributed by atoms with Gasteiger partial charge >= 0.3 is 6.03 Å². The van der Waals surface area contributed by atoms with Crippen molar-refractivity contribution in [3.8, 4) is 0 Å². The molecule has 0 aliphatic carbocycles. The summed E-state index contributed by atoms with van der Waals surface area (Å²) in [4.78, 5) is 24.9. The van der Waals surface area contributed by atoms with E-state index in [4.69, 9.17) is 4.74 Å². The van der Waals surface area contributed by atoms with Crippen molar-refractivity contribution in [2.24, 2.45) is 5.92 Å². The predicted octanol–water partition coefficient (Wildman–Crippen LogP) is 0.642. The van der Waals surface area contributed by atoms with Crippen molar-refractivity contribution in [3.63, 3.8) is 0 Å². The Hall–Kier alpha value is -1.10. The maximum atomic E-state index is 11.8. The Kier molecular flexibility index (Phi) is 4.73. The highest BCUT2D eigenvalue weighted by atomic mass is 16.5. The molecule has 1 fully saturated rings. The van der Waals surface area contributed by atoms with Crippen molar-refractivity contribution in [1.82, 2.24) is 10.2 Å². The van der Waals surface area contributed by atoms with Gasteiger partial charge in [0.25, 0.3) is 0 Å². The van der Waals surface area contributed by atoms with Gasteiger partial charge in [-0.25, -0.2) is 4.79 Å². The third-order valence-corrected chi connectivity index (χ3v) is 2.68. The van der Waals surface area contributed by atoms with Crippen LogP contribution in [0.15, 0.2) is 0 Å². The van der Waals surface area contributed by atoms with Crippen LogP contribution in [0.2, 0.25) is 0 Å². The van der Waals surface area contributed by atoms with Gasteiger partial charge in [0.15, 0.2) is 5.78 Å². The van der Waals surface area contributed by atoms with Crippen LogP contribution in [0.1, 0.15) is 20.8 Å². The second-order valence-electron chi connectivity index (χ2n) is 4.38. The molecule has 0 radical (unpaired) electrons. The largest absolute Gasteiger partial charge is 0.378 e. The summed E-state index contributed by atoms with van der Waals surface area (Å²) < 4.78 is 5.16. The number of ether oxygens (including phenoxy) is 1. The third-order valence-electron chi connectivity index (χ3n) is 2.68. The number of urea groups is 1. The molecule has 0 aromatic heterocycles. The van der Waals surface area contributed by atoms with Crippen LogP contribution < -0.4 is 5.32 Å². The summed E-state index contributed by atoms with van der Waals surface area (Å²) in [6.07, 6.45) is 0. The summed E-state index contributed by atoms with van der Waals surface area (Å²) in [7, 11) is 0. The number of Topliss-reactive ketones (excluding diaryl/α,β-unsaturated/α-hetero) is 1. The summed E-state index contributed by atoms with van der Waals surface area (Å²) >= 11 is 0. The van der Waals surface area contributed by atoms with Crippen molar-refractivity contribution >= 4 is 11.8 Å². The quantitative estimate of drug-likeness (QED) is 0.771. The number of nitrogens with one attached hydrogen (secondary N) is 1. The first-order valence-corrected chi connectivity index (χ1v) is 5.66. The molecule has 92 valence electrons. The molecule has 1 heterocycles. The van der Waals surface area contributed by atoms with Crippen LogP contribution in [0, 0.1) is 5.92 Å². The highest BCUT2D eigenvalue weighted by molar-refractivity contribution is 5.87. The lowest BCUT2D eigenvalue weighted by Gasteiger charge is -2.29. The number of nitrogens with zero attached hydrogens (tertiary/aromatic N) is 1. The topological polar surface area (TPSA) is 58.6 Å². The van der Waals surface area contributed by atoms with Gasteiger partial charge in [-0.3, -0.25) is 4.79 Å². The number of rotatable bonds is 3. The Balaban J connectivity index is 2.50. The molecule has 1 aliphatic rings. The molecule has 1 rings (SSSR count). The zero-order valence-electron chi connectivity index (χ0n) is 10.2. The fourth-order valence-corrected chi connectivity index (χ4v) is 1.73. The minimum atomic E-state index is -0.393. The minimum Gasteiger partial charge on any atom is -0.378 e. The predicted molar refractivity (Wildman–Crippen MR) is 60.2 cm³/mol. The molecule has 1 saturated heterocycles. The van der Waals surface area contributed by atoms with Crippen molar-refractivity contribution in [2.75, 3.05) is 26.3 Å². The Morgan fingerprint density at radius 1 is 1.25 bits per heavy atom. The Morgan fingerprint density at radius 2 is 1.81 bits per heavy atom. The fourth-order valence-electron chi connectivity index (χ4n) is 1.73. The first-order valence-electron chi connectivity index (χ1n) is 5.66. The van der Waals surface area contributed by atoms with Crippen LogP contribution in [0.3, 0.4) is 0 Å². The maximum absolute atomic E-state index is 11.8. The number of carbonyl (C=O) groups excluding carboxylic acids is 2. The van der Waals surface area contributed by atoms with Crippen molar-refractivity contribution in [2.45, 2.75) is 26.8 Å². The molecule has 0 aromatic carbocycles. The molecule has 1 N–H and O–H groups in total. The lowest BCUT2D eigenvalue weighted by molar-refractivity contribution is -0.119. The van der Waals surface area contributed by atoms with E-state index in [2.05, 4.69) is 5.32 Å². The van der Waals surface area contributed by atoms with Gasteiger partial charge in [0.05, 0.1) is 19.3 Å². The molecule has 1 atom stereocenters. The molecule has 1 aliphatic heterocycles. The number of morpholine rings is 1. The van der Waals surface area contributed by atoms with E-state index in [1.165, 1.54) is 6.92 Å². The normalized spacial score (nSPS) is 18.4. The Labute approximate surface area is 96.1 Å². The van der Waals surface area contributed by atoms with E-state index in [1.807, 2.05) is 13.8 Å². The second kappa shape index (κ2) is 5.84. The molecule has 0 saturated carbocycles. The molecule has 0 spiro atoms. The van der Waals surface area contributed by atoms with Gasteiger partial charge in [-0.05, 0) is 12.8 Å². The van der Waals surface area contributed by atoms with E-state index >= 15 is 0 Å². The first-order chi connectivity index (χ1) is 7.52.